The van der Waals surface area contributed by atoms with Crippen LogP contribution in [0, 0.1) is 5.82 Å². The van der Waals surface area contributed by atoms with E-state index in [2.05, 4.69) is 21.2 Å². The Morgan fingerprint density at radius 3 is 2.70 bits per heavy atom. The summed E-state index contributed by atoms with van der Waals surface area (Å²) < 4.78 is 14.5. The highest BCUT2D eigenvalue weighted by Gasteiger charge is 2.15. The molecule has 2 rings (SSSR count). The van der Waals surface area contributed by atoms with E-state index in [0.29, 0.717) is 16.8 Å². The van der Waals surface area contributed by atoms with Crippen molar-refractivity contribution in [2.45, 2.75) is 6.54 Å². The van der Waals surface area contributed by atoms with Gasteiger partial charge < -0.3 is 16.0 Å². The third-order valence-corrected chi connectivity index (χ3v) is 3.63. The fourth-order valence-electron chi connectivity index (χ4n) is 2.08. The number of halogens is 2. The molecule has 0 saturated carbocycles. The number of hydrogen-bond donors (Lipinski definition) is 2. The Morgan fingerprint density at radius 1 is 1.26 bits per heavy atom. The average molecular weight is 380 g/mol. The van der Waals surface area contributed by atoms with Gasteiger partial charge in [0.1, 0.15) is 5.82 Å². The minimum Gasteiger partial charge on any atom is -0.351 e. The van der Waals surface area contributed by atoms with Crippen LogP contribution in [0.1, 0.15) is 15.9 Å². The van der Waals surface area contributed by atoms with Crippen LogP contribution in [0.15, 0.2) is 46.9 Å². The molecule has 2 aromatic rings. The number of hydrogen-bond acceptors (Lipinski definition) is 2. The zero-order valence-electron chi connectivity index (χ0n) is 12.3. The highest BCUT2D eigenvalue weighted by atomic mass is 79.9. The van der Waals surface area contributed by atoms with Crippen molar-refractivity contribution in [2.24, 2.45) is 5.73 Å². The fraction of sp³-hybridized carbons (Fsp3) is 0.125. The Bertz CT molecular complexity index is 752. The molecule has 0 fully saturated rings. The van der Waals surface area contributed by atoms with Crippen molar-refractivity contribution in [1.82, 2.24) is 4.90 Å². The summed E-state index contributed by atoms with van der Waals surface area (Å²) in [6, 6.07) is 10.2. The number of nitrogens with two attached hydrogens (primary N) is 1. The molecule has 0 spiro atoms. The van der Waals surface area contributed by atoms with Crippen LogP contribution in [-0.2, 0) is 6.54 Å². The predicted molar refractivity (Wildman–Crippen MR) is 89.5 cm³/mol. The van der Waals surface area contributed by atoms with Gasteiger partial charge in [0.05, 0.1) is 0 Å². The van der Waals surface area contributed by atoms with Crippen LogP contribution in [0.5, 0.6) is 0 Å². The van der Waals surface area contributed by atoms with Crippen molar-refractivity contribution in [3.8, 4) is 0 Å². The number of carbonyl (C=O) groups excluding carboxylic acids is 2. The topological polar surface area (TPSA) is 75.4 Å². The first kappa shape index (κ1) is 17.0. The first-order chi connectivity index (χ1) is 10.9. The second-order valence-corrected chi connectivity index (χ2v) is 5.88. The van der Waals surface area contributed by atoms with Gasteiger partial charge in [0.15, 0.2) is 0 Å². The second kappa shape index (κ2) is 7.23. The van der Waals surface area contributed by atoms with Crippen molar-refractivity contribution >= 4 is 33.6 Å². The third-order valence-electron chi connectivity index (χ3n) is 3.14. The maximum Gasteiger partial charge on any atom is 0.316 e. The summed E-state index contributed by atoms with van der Waals surface area (Å²) in [5, 5.41) is 2.41. The van der Waals surface area contributed by atoms with Gasteiger partial charge in [-0.3, -0.25) is 4.79 Å². The van der Waals surface area contributed by atoms with E-state index in [0.717, 1.165) is 4.47 Å². The summed E-state index contributed by atoms with van der Waals surface area (Å²) in [6.07, 6.45) is 0. The molecule has 3 amide bonds. The lowest BCUT2D eigenvalue weighted by Crippen LogP contribution is -2.27. The van der Waals surface area contributed by atoms with Crippen molar-refractivity contribution in [3.63, 3.8) is 0 Å². The lowest BCUT2D eigenvalue weighted by Gasteiger charge is -2.18. The Labute approximate surface area is 141 Å². The Kier molecular flexibility index (Phi) is 5.33. The lowest BCUT2D eigenvalue weighted by atomic mass is 10.1. The molecule has 0 unspecified atom stereocenters. The molecule has 0 aliphatic carbocycles. The highest BCUT2D eigenvalue weighted by molar-refractivity contribution is 9.10. The van der Waals surface area contributed by atoms with E-state index in [4.69, 9.17) is 5.73 Å². The summed E-state index contributed by atoms with van der Waals surface area (Å²) >= 11 is 3.28. The van der Waals surface area contributed by atoms with E-state index in [9.17, 15) is 14.0 Å². The summed E-state index contributed by atoms with van der Waals surface area (Å²) in [6.45, 7) is 0.123. The van der Waals surface area contributed by atoms with E-state index in [1.807, 2.05) is 0 Å². The second-order valence-electron chi connectivity index (χ2n) is 4.97. The van der Waals surface area contributed by atoms with Gasteiger partial charge in [-0.1, -0.05) is 22.0 Å². The van der Waals surface area contributed by atoms with Crippen LogP contribution in [0.3, 0.4) is 0 Å². The first-order valence-corrected chi connectivity index (χ1v) is 7.52. The lowest BCUT2D eigenvalue weighted by molar-refractivity contribution is 0.0784. The molecule has 0 aliphatic heterocycles. The van der Waals surface area contributed by atoms with E-state index in [1.165, 1.54) is 17.0 Å². The maximum absolute atomic E-state index is 13.8. The number of nitrogens with one attached hydrogen (secondary N) is 1. The molecule has 23 heavy (non-hydrogen) atoms. The number of carbonyl (C=O) groups is 2. The van der Waals surface area contributed by atoms with Crippen molar-refractivity contribution < 1.29 is 14.0 Å². The molecular weight excluding hydrogens is 365 g/mol. The number of amides is 3. The molecular formula is C16H15BrFN3O2. The Balaban J connectivity index is 2.16. The van der Waals surface area contributed by atoms with Crippen LogP contribution < -0.4 is 11.1 Å². The summed E-state index contributed by atoms with van der Waals surface area (Å²) in [7, 11) is 1.58. The SMILES string of the molecule is CN(Cc1cc(Br)ccc1F)C(=O)c1cccc(NC(N)=O)c1. The standard InChI is InChI=1S/C16H15BrFN3O2/c1-21(9-11-7-12(17)5-6-14(11)18)15(22)10-3-2-4-13(8-10)20-16(19)23/h2-8H,9H2,1H3,(H3,19,20,23). The monoisotopic (exact) mass is 379 g/mol. The minimum absolute atomic E-state index is 0.123. The van der Waals surface area contributed by atoms with Crippen LogP contribution in [0.4, 0.5) is 14.9 Å². The normalized spacial score (nSPS) is 10.2. The third kappa shape index (κ3) is 4.53. The van der Waals surface area contributed by atoms with Crippen molar-refractivity contribution in [2.75, 3.05) is 12.4 Å². The van der Waals surface area contributed by atoms with Gasteiger partial charge in [0.25, 0.3) is 5.91 Å². The number of benzene rings is 2. The van der Waals surface area contributed by atoms with Gasteiger partial charge >= 0.3 is 6.03 Å². The minimum atomic E-state index is -0.709. The smallest absolute Gasteiger partial charge is 0.316 e. The largest absolute Gasteiger partial charge is 0.351 e. The van der Waals surface area contributed by atoms with Gasteiger partial charge in [-0.05, 0) is 36.4 Å². The molecule has 0 aromatic heterocycles. The van der Waals surface area contributed by atoms with E-state index in [1.54, 1.807) is 37.4 Å². The zero-order valence-corrected chi connectivity index (χ0v) is 13.9. The average Bonchev–Trinajstić information content (AvgIpc) is 2.49. The quantitative estimate of drug-likeness (QED) is 0.854. The molecule has 0 heterocycles. The summed E-state index contributed by atoms with van der Waals surface area (Å²) in [4.78, 5) is 24.7. The van der Waals surface area contributed by atoms with E-state index in [-0.39, 0.29) is 18.3 Å². The number of urea groups is 1. The zero-order chi connectivity index (χ0) is 17.0. The van der Waals surface area contributed by atoms with Crippen molar-refractivity contribution in [3.05, 3.63) is 63.9 Å². The van der Waals surface area contributed by atoms with E-state index >= 15 is 0 Å². The fourth-order valence-corrected chi connectivity index (χ4v) is 2.49. The summed E-state index contributed by atoms with van der Waals surface area (Å²) in [5.41, 5.74) is 6.25. The number of nitrogens with zero attached hydrogens (tertiary/aromatic N) is 1. The first-order valence-electron chi connectivity index (χ1n) is 6.72. The molecule has 0 atom stereocenters. The summed E-state index contributed by atoms with van der Waals surface area (Å²) in [5.74, 6) is -0.672. The molecule has 120 valence electrons. The van der Waals surface area contributed by atoms with Gasteiger partial charge in [-0.15, -0.1) is 0 Å². The van der Waals surface area contributed by atoms with Crippen LogP contribution in [0.2, 0.25) is 0 Å². The molecule has 0 radical (unpaired) electrons. The molecule has 7 heteroatoms. The molecule has 0 aliphatic rings. The maximum atomic E-state index is 13.8. The van der Waals surface area contributed by atoms with Crippen molar-refractivity contribution in [1.29, 1.82) is 0 Å². The van der Waals surface area contributed by atoms with E-state index < -0.39 is 6.03 Å². The van der Waals surface area contributed by atoms with Gasteiger partial charge in [0, 0.05) is 34.9 Å². The molecule has 5 nitrogen and oxygen atoms in total. The number of anilines is 1. The molecule has 0 saturated heterocycles. The molecule has 3 N–H and O–H groups in total. The molecule has 2 aromatic carbocycles. The molecule has 0 bridgehead atoms. The highest BCUT2D eigenvalue weighted by Crippen LogP contribution is 2.18. The van der Waals surface area contributed by atoms with Gasteiger partial charge in [-0.2, -0.15) is 0 Å². The Morgan fingerprint density at radius 2 is 2.00 bits per heavy atom. The van der Waals surface area contributed by atoms with Crippen LogP contribution >= 0.6 is 15.9 Å². The predicted octanol–water partition coefficient (Wildman–Crippen LogP) is 3.35. The van der Waals surface area contributed by atoms with Gasteiger partial charge in [0.2, 0.25) is 0 Å². The number of primary amides is 1. The van der Waals surface area contributed by atoms with Crippen LogP contribution in [0.25, 0.3) is 0 Å². The number of rotatable bonds is 4. The van der Waals surface area contributed by atoms with Gasteiger partial charge in [-0.25, -0.2) is 9.18 Å². The Hall–Kier alpha value is -2.41. The van der Waals surface area contributed by atoms with Crippen LogP contribution in [-0.4, -0.2) is 23.9 Å².